The van der Waals surface area contributed by atoms with Crippen LogP contribution in [-0.4, -0.2) is 23.3 Å². The van der Waals surface area contributed by atoms with E-state index in [1.54, 1.807) is 26.8 Å². The van der Waals surface area contributed by atoms with Crippen LogP contribution in [0.3, 0.4) is 0 Å². The lowest BCUT2D eigenvalue weighted by Gasteiger charge is -2.16. The molecule has 0 spiro atoms. The van der Waals surface area contributed by atoms with Gasteiger partial charge in [0.05, 0.1) is 5.56 Å². The minimum absolute atomic E-state index is 0.0701. The molecule has 1 heterocycles. The summed E-state index contributed by atoms with van der Waals surface area (Å²) in [6, 6.07) is 3.08. The van der Waals surface area contributed by atoms with E-state index in [0.717, 1.165) is 0 Å². The molecule has 1 rings (SSSR count). The maximum Gasteiger partial charge on any atom is 0.341 e. The molecule has 0 atom stereocenters. The van der Waals surface area contributed by atoms with Crippen molar-refractivity contribution in [3.8, 4) is 0 Å². The Balaban J connectivity index is 2.63. The Morgan fingerprint density at radius 1 is 1.41 bits per heavy atom. The zero-order chi connectivity index (χ0) is 13.1. The van der Waals surface area contributed by atoms with Gasteiger partial charge in [0.15, 0.2) is 12.4 Å². The molecule has 0 radical (unpaired) electrons. The Morgan fingerprint density at radius 2 is 2.06 bits per heavy atom. The van der Waals surface area contributed by atoms with Gasteiger partial charge >= 0.3 is 5.97 Å². The van der Waals surface area contributed by atoms with Crippen LogP contribution in [0.2, 0.25) is 5.15 Å². The molecule has 0 unspecified atom stereocenters. The lowest BCUT2D eigenvalue weighted by Crippen LogP contribution is -2.26. The molecule has 5 heteroatoms. The van der Waals surface area contributed by atoms with Crippen LogP contribution in [0.25, 0.3) is 0 Å². The number of esters is 1. The number of rotatable bonds is 3. The van der Waals surface area contributed by atoms with Gasteiger partial charge in [-0.3, -0.25) is 4.79 Å². The van der Waals surface area contributed by atoms with Gasteiger partial charge < -0.3 is 4.74 Å². The van der Waals surface area contributed by atoms with Crippen molar-refractivity contribution in [2.75, 3.05) is 6.61 Å². The normalized spacial score (nSPS) is 11.1. The fourth-order valence-electron chi connectivity index (χ4n) is 0.964. The van der Waals surface area contributed by atoms with Gasteiger partial charge in [0, 0.05) is 11.6 Å². The highest BCUT2D eigenvalue weighted by Crippen LogP contribution is 2.16. The lowest BCUT2D eigenvalue weighted by atomic mass is 9.91. The van der Waals surface area contributed by atoms with Crippen LogP contribution in [-0.2, 0) is 9.53 Å². The number of hydrogen-bond donors (Lipinski definition) is 0. The van der Waals surface area contributed by atoms with Crippen LogP contribution in [0.1, 0.15) is 31.1 Å². The number of ether oxygens (including phenoxy) is 1. The minimum atomic E-state index is -0.638. The highest BCUT2D eigenvalue weighted by Gasteiger charge is 2.23. The molecule has 0 aliphatic carbocycles. The fraction of sp³-hybridized carbons (Fsp3) is 0.417. The number of carbonyl (C=O) groups excluding carboxylic acids is 2. The summed E-state index contributed by atoms with van der Waals surface area (Å²) in [6.45, 7) is 5.04. The quantitative estimate of drug-likeness (QED) is 0.615. The number of ketones is 1. The molecule has 0 fully saturated rings. The van der Waals surface area contributed by atoms with E-state index in [1.807, 2.05) is 0 Å². The molecule has 0 saturated heterocycles. The van der Waals surface area contributed by atoms with Gasteiger partial charge in [-0.1, -0.05) is 32.4 Å². The molecular weight excluding hydrogens is 242 g/mol. The predicted octanol–water partition coefficient (Wildman–Crippen LogP) is 2.51. The first kappa shape index (κ1) is 13.6. The molecule has 1 aromatic heterocycles. The minimum Gasteiger partial charge on any atom is -0.454 e. The number of halogens is 1. The van der Waals surface area contributed by atoms with Crippen molar-refractivity contribution >= 4 is 23.4 Å². The summed E-state index contributed by atoms with van der Waals surface area (Å²) < 4.78 is 4.88. The summed E-state index contributed by atoms with van der Waals surface area (Å²) in [7, 11) is 0. The van der Waals surface area contributed by atoms with Crippen molar-refractivity contribution in [3.63, 3.8) is 0 Å². The van der Waals surface area contributed by atoms with Crippen LogP contribution in [0.15, 0.2) is 18.3 Å². The van der Waals surface area contributed by atoms with E-state index in [0.29, 0.717) is 0 Å². The van der Waals surface area contributed by atoms with Crippen LogP contribution >= 0.6 is 11.6 Å². The number of Topliss-reactive ketones (excluding diaryl/α,β-unsaturated/α-hetero) is 1. The first-order valence-corrected chi connectivity index (χ1v) is 5.51. The van der Waals surface area contributed by atoms with E-state index >= 15 is 0 Å². The molecule has 0 bridgehead atoms. The molecule has 0 aliphatic heterocycles. The molecule has 0 saturated carbocycles. The molecular formula is C12H14ClNO3. The van der Waals surface area contributed by atoms with E-state index in [4.69, 9.17) is 16.3 Å². The molecule has 0 N–H and O–H groups in total. The molecule has 92 valence electrons. The second kappa shape index (κ2) is 5.27. The first-order chi connectivity index (χ1) is 7.82. The van der Waals surface area contributed by atoms with Gasteiger partial charge in [0.25, 0.3) is 0 Å². The van der Waals surface area contributed by atoms with E-state index < -0.39 is 11.4 Å². The molecule has 17 heavy (non-hydrogen) atoms. The van der Waals surface area contributed by atoms with Gasteiger partial charge in [-0.05, 0) is 12.1 Å². The topological polar surface area (TPSA) is 56.3 Å². The van der Waals surface area contributed by atoms with Crippen molar-refractivity contribution in [1.82, 2.24) is 4.98 Å². The average Bonchev–Trinajstić information content (AvgIpc) is 2.24. The predicted molar refractivity (Wildman–Crippen MR) is 64.0 cm³/mol. The van der Waals surface area contributed by atoms with Crippen molar-refractivity contribution in [3.05, 3.63) is 29.0 Å². The van der Waals surface area contributed by atoms with E-state index in [1.165, 1.54) is 12.3 Å². The number of nitrogens with zero attached hydrogens (tertiary/aromatic N) is 1. The highest BCUT2D eigenvalue weighted by molar-refractivity contribution is 6.32. The van der Waals surface area contributed by atoms with Crippen molar-refractivity contribution in [2.24, 2.45) is 5.41 Å². The Labute approximate surface area is 105 Å². The standard InChI is InChI=1S/C12H14ClNO3/c1-12(2,3)9(15)7-17-11(16)8-5-4-6-14-10(8)13/h4-6H,7H2,1-3H3. The molecule has 0 amide bonds. The van der Waals surface area contributed by atoms with Crippen LogP contribution < -0.4 is 0 Å². The SMILES string of the molecule is CC(C)(C)C(=O)COC(=O)c1cccnc1Cl. The highest BCUT2D eigenvalue weighted by atomic mass is 35.5. The fourth-order valence-corrected chi connectivity index (χ4v) is 1.16. The van der Waals surface area contributed by atoms with E-state index in [-0.39, 0.29) is 23.1 Å². The lowest BCUT2D eigenvalue weighted by molar-refractivity contribution is -0.129. The van der Waals surface area contributed by atoms with Crippen LogP contribution in [0.4, 0.5) is 0 Å². The van der Waals surface area contributed by atoms with Crippen LogP contribution in [0, 0.1) is 5.41 Å². The maximum atomic E-state index is 11.6. The Morgan fingerprint density at radius 3 is 2.59 bits per heavy atom. The summed E-state index contributed by atoms with van der Waals surface area (Å²) in [4.78, 5) is 26.9. The van der Waals surface area contributed by atoms with Gasteiger partial charge in [-0.2, -0.15) is 0 Å². The van der Waals surface area contributed by atoms with Crippen molar-refractivity contribution < 1.29 is 14.3 Å². The summed E-state index contributed by atoms with van der Waals surface area (Å²) in [5.41, 5.74) is -0.366. The summed E-state index contributed by atoms with van der Waals surface area (Å²) in [5, 5.41) is 0.0701. The van der Waals surface area contributed by atoms with E-state index in [2.05, 4.69) is 4.98 Å². The van der Waals surface area contributed by atoms with Crippen molar-refractivity contribution in [1.29, 1.82) is 0 Å². The second-order valence-electron chi connectivity index (χ2n) is 4.59. The van der Waals surface area contributed by atoms with E-state index in [9.17, 15) is 9.59 Å². The third kappa shape index (κ3) is 3.82. The maximum absolute atomic E-state index is 11.6. The third-order valence-electron chi connectivity index (χ3n) is 2.15. The van der Waals surface area contributed by atoms with Gasteiger partial charge in [-0.25, -0.2) is 9.78 Å². The van der Waals surface area contributed by atoms with Crippen molar-refractivity contribution in [2.45, 2.75) is 20.8 Å². The summed E-state index contributed by atoms with van der Waals surface area (Å²) in [5.74, 6) is -0.786. The second-order valence-corrected chi connectivity index (χ2v) is 4.95. The monoisotopic (exact) mass is 255 g/mol. The van der Waals surface area contributed by atoms with Gasteiger partial charge in [0.2, 0.25) is 0 Å². The molecule has 0 aromatic carbocycles. The molecule has 0 aliphatic rings. The Bertz CT molecular complexity index is 438. The number of pyridine rings is 1. The zero-order valence-corrected chi connectivity index (χ0v) is 10.7. The summed E-state index contributed by atoms with van der Waals surface area (Å²) >= 11 is 5.73. The zero-order valence-electron chi connectivity index (χ0n) is 9.99. The van der Waals surface area contributed by atoms with Gasteiger partial charge in [-0.15, -0.1) is 0 Å². The average molecular weight is 256 g/mol. The van der Waals surface area contributed by atoms with Gasteiger partial charge in [0.1, 0.15) is 5.15 Å². The Hall–Kier alpha value is -1.42. The molecule has 1 aromatic rings. The number of aromatic nitrogens is 1. The number of hydrogen-bond acceptors (Lipinski definition) is 4. The molecule has 4 nitrogen and oxygen atoms in total. The first-order valence-electron chi connectivity index (χ1n) is 5.13. The Kier molecular flexibility index (Phi) is 4.23. The largest absolute Gasteiger partial charge is 0.454 e. The third-order valence-corrected chi connectivity index (χ3v) is 2.45. The smallest absolute Gasteiger partial charge is 0.341 e. The van der Waals surface area contributed by atoms with Crippen LogP contribution in [0.5, 0.6) is 0 Å². The number of carbonyl (C=O) groups is 2. The summed E-state index contributed by atoms with van der Waals surface area (Å²) in [6.07, 6.45) is 1.47.